The van der Waals surface area contributed by atoms with Gasteiger partial charge in [-0.1, -0.05) is 20.8 Å². The molecule has 3 nitrogen and oxygen atoms in total. The molecule has 0 saturated carbocycles. The Hall–Kier alpha value is -0.120. The first-order valence-corrected chi connectivity index (χ1v) is 4.98. The van der Waals surface area contributed by atoms with E-state index in [4.69, 9.17) is 9.47 Å². The Balaban J connectivity index is 2.69. The Bertz CT molecular complexity index is 158. The topological polar surface area (TPSA) is 38.7 Å². The Kier molecular flexibility index (Phi) is 3.71. The molecule has 78 valence electrons. The molecule has 0 aliphatic carbocycles. The smallest absolute Gasteiger partial charge is 0.157 e. The largest absolute Gasteiger partial charge is 0.378 e. The molecule has 0 radical (unpaired) electrons. The molecule has 1 aliphatic heterocycles. The van der Waals surface area contributed by atoms with Gasteiger partial charge in [0.05, 0.1) is 12.2 Å². The molecule has 1 fully saturated rings. The van der Waals surface area contributed by atoms with E-state index >= 15 is 0 Å². The fourth-order valence-corrected chi connectivity index (χ4v) is 1.97. The highest BCUT2D eigenvalue weighted by Crippen LogP contribution is 2.32. The van der Waals surface area contributed by atoms with Crippen LogP contribution in [0.5, 0.6) is 0 Å². The van der Waals surface area contributed by atoms with E-state index in [1.807, 2.05) is 13.8 Å². The third-order valence-electron chi connectivity index (χ3n) is 3.15. The predicted molar refractivity (Wildman–Crippen MR) is 50.3 cm³/mol. The second kappa shape index (κ2) is 4.40. The first kappa shape index (κ1) is 11.0. The highest BCUT2D eigenvalue weighted by atomic mass is 16.6. The SMILES string of the molecule is CCC1O[C@H](O)[C@@H](C)C(C)[C@@H]1OC. The third kappa shape index (κ3) is 2.03. The van der Waals surface area contributed by atoms with Crippen molar-refractivity contribution in [3.63, 3.8) is 0 Å². The molecule has 1 heterocycles. The fraction of sp³-hybridized carbons (Fsp3) is 1.00. The second-order valence-electron chi connectivity index (χ2n) is 3.89. The number of ether oxygens (including phenoxy) is 2. The summed E-state index contributed by atoms with van der Waals surface area (Å²) in [4.78, 5) is 0. The molecule has 0 amide bonds. The minimum Gasteiger partial charge on any atom is -0.378 e. The molecular formula is C10H20O3. The zero-order valence-corrected chi connectivity index (χ0v) is 8.86. The van der Waals surface area contributed by atoms with Gasteiger partial charge in [-0.3, -0.25) is 0 Å². The summed E-state index contributed by atoms with van der Waals surface area (Å²) < 4.78 is 10.8. The van der Waals surface area contributed by atoms with Crippen LogP contribution in [0, 0.1) is 11.8 Å². The minimum absolute atomic E-state index is 0.0335. The lowest BCUT2D eigenvalue weighted by Crippen LogP contribution is -2.49. The van der Waals surface area contributed by atoms with Crippen LogP contribution in [0.25, 0.3) is 0 Å². The normalized spacial score (nSPS) is 46.4. The standard InChI is InChI=1S/C10H20O3/c1-5-8-9(12-4)6(2)7(3)10(11)13-8/h6-11H,5H2,1-4H3/t6?,7-,8?,9-,10-/m0/s1. The molecule has 0 aromatic carbocycles. The van der Waals surface area contributed by atoms with Gasteiger partial charge in [0.15, 0.2) is 6.29 Å². The molecule has 0 aromatic rings. The van der Waals surface area contributed by atoms with E-state index in [0.717, 1.165) is 6.42 Å². The van der Waals surface area contributed by atoms with E-state index in [-0.39, 0.29) is 18.1 Å². The van der Waals surface area contributed by atoms with Crippen molar-refractivity contribution in [2.24, 2.45) is 11.8 Å². The van der Waals surface area contributed by atoms with Gasteiger partial charge in [0, 0.05) is 13.0 Å². The van der Waals surface area contributed by atoms with Gasteiger partial charge in [0.2, 0.25) is 0 Å². The van der Waals surface area contributed by atoms with Gasteiger partial charge in [-0.05, 0) is 12.3 Å². The molecular weight excluding hydrogens is 168 g/mol. The van der Waals surface area contributed by atoms with Crippen molar-refractivity contribution in [3.05, 3.63) is 0 Å². The molecule has 0 spiro atoms. The van der Waals surface area contributed by atoms with Crippen molar-refractivity contribution < 1.29 is 14.6 Å². The molecule has 1 aliphatic rings. The zero-order chi connectivity index (χ0) is 10.0. The van der Waals surface area contributed by atoms with Crippen LogP contribution in [0.4, 0.5) is 0 Å². The van der Waals surface area contributed by atoms with Gasteiger partial charge in [0.25, 0.3) is 0 Å². The van der Waals surface area contributed by atoms with E-state index < -0.39 is 6.29 Å². The van der Waals surface area contributed by atoms with Crippen molar-refractivity contribution in [2.45, 2.75) is 45.7 Å². The minimum atomic E-state index is -0.633. The van der Waals surface area contributed by atoms with E-state index in [0.29, 0.717) is 5.92 Å². The monoisotopic (exact) mass is 188 g/mol. The first-order valence-electron chi connectivity index (χ1n) is 4.98. The number of hydrogen-bond acceptors (Lipinski definition) is 3. The van der Waals surface area contributed by atoms with Crippen molar-refractivity contribution in [2.75, 3.05) is 7.11 Å². The number of aliphatic hydroxyl groups is 1. The second-order valence-corrected chi connectivity index (χ2v) is 3.89. The molecule has 3 heteroatoms. The molecule has 1 N–H and O–H groups in total. The van der Waals surface area contributed by atoms with E-state index in [1.54, 1.807) is 7.11 Å². The van der Waals surface area contributed by atoms with Crippen molar-refractivity contribution in [1.82, 2.24) is 0 Å². The van der Waals surface area contributed by atoms with Crippen molar-refractivity contribution >= 4 is 0 Å². The van der Waals surface area contributed by atoms with Crippen LogP contribution in [0.2, 0.25) is 0 Å². The summed E-state index contributed by atoms with van der Waals surface area (Å²) in [7, 11) is 1.71. The third-order valence-corrected chi connectivity index (χ3v) is 3.15. The molecule has 1 rings (SSSR count). The summed E-state index contributed by atoms with van der Waals surface area (Å²) in [5.41, 5.74) is 0. The number of methoxy groups -OCH3 is 1. The Morgan fingerprint density at radius 2 is 1.92 bits per heavy atom. The molecule has 13 heavy (non-hydrogen) atoms. The number of aliphatic hydroxyl groups excluding tert-OH is 1. The summed E-state index contributed by atoms with van der Waals surface area (Å²) in [5.74, 6) is 0.492. The molecule has 0 aromatic heterocycles. The van der Waals surface area contributed by atoms with Crippen LogP contribution in [-0.2, 0) is 9.47 Å². The summed E-state index contributed by atoms with van der Waals surface area (Å²) in [5, 5.41) is 9.59. The highest BCUT2D eigenvalue weighted by molar-refractivity contribution is 4.84. The number of hydrogen-bond donors (Lipinski definition) is 1. The van der Waals surface area contributed by atoms with Crippen molar-refractivity contribution in [3.8, 4) is 0 Å². The Labute approximate surface area is 80.0 Å². The summed E-state index contributed by atoms with van der Waals surface area (Å²) >= 11 is 0. The van der Waals surface area contributed by atoms with Crippen LogP contribution >= 0.6 is 0 Å². The van der Waals surface area contributed by atoms with Crippen molar-refractivity contribution in [1.29, 1.82) is 0 Å². The van der Waals surface area contributed by atoms with Crippen LogP contribution in [0.1, 0.15) is 27.2 Å². The lowest BCUT2D eigenvalue weighted by atomic mass is 9.84. The fourth-order valence-electron chi connectivity index (χ4n) is 1.97. The summed E-state index contributed by atoms with van der Waals surface area (Å²) in [6.07, 6.45) is 0.396. The van der Waals surface area contributed by atoms with Crippen LogP contribution < -0.4 is 0 Å². The number of rotatable bonds is 2. The van der Waals surface area contributed by atoms with E-state index in [9.17, 15) is 5.11 Å². The quantitative estimate of drug-likeness (QED) is 0.712. The van der Waals surface area contributed by atoms with Gasteiger partial charge in [0.1, 0.15) is 0 Å². The Morgan fingerprint density at radius 3 is 2.38 bits per heavy atom. The maximum atomic E-state index is 9.59. The lowest BCUT2D eigenvalue weighted by molar-refractivity contribution is -0.248. The molecule has 1 saturated heterocycles. The predicted octanol–water partition coefficient (Wildman–Crippen LogP) is 1.40. The molecule has 5 atom stereocenters. The highest BCUT2D eigenvalue weighted by Gasteiger charge is 2.39. The van der Waals surface area contributed by atoms with Crippen LogP contribution in [0.15, 0.2) is 0 Å². The average molecular weight is 188 g/mol. The molecule has 0 bridgehead atoms. The lowest BCUT2D eigenvalue weighted by Gasteiger charge is -2.41. The maximum absolute atomic E-state index is 9.59. The van der Waals surface area contributed by atoms with Gasteiger partial charge < -0.3 is 14.6 Å². The van der Waals surface area contributed by atoms with Gasteiger partial charge >= 0.3 is 0 Å². The zero-order valence-electron chi connectivity index (χ0n) is 8.86. The Morgan fingerprint density at radius 1 is 1.31 bits per heavy atom. The van der Waals surface area contributed by atoms with E-state index in [1.165, 1.54) is 0 Å². The maximum Gasteiger partial charge on any atom is 0.157 e. The van der Waals surface area contributed by atoms with Crippen LogP contribution in [-0.4, -0.2) is 30.7 Å². The average Bonchev–Trinajstić information content (AvgIpc) is 2.13. The molecule has 2 unspecified atom stereocenters. The summed E-state index contributed by atoms with van der Waals surface area (Å²) in [6.45, 7) is 6.15. The van der Waals surface area contributed by atoms with Gasteiger partial charge in [-0.2, -0.15) is 0 Å². The first-order chi connectivity index (χ1) is 6.11. The van der Waals surface area contributed by atoms with E-state index in [2.05, 4.69) is 6.92 Å². The van der Waals surface area contributed by atoms with Gasteiger partial charge in [-0.25, -0.2) is 0 Å². The van der Waals surface area contributed by atoms with Gasteiger partial charge in [-0.15, -0.1) is 0 Å². The summed E-state index contributed by atoms with van der Waals surface area (Å²) in [6, 6.07) is 0. The van der Waals surface area contributed by atoms with Crippen LogP contribution in [0.3, 0.4) is 0 Å².